The van der Waals surface area contributed by atoms with Gasteiger partial charge in [-0.15, -0.1) is 0 Å². The maximum atomic E-state index is 12.7. The normalized spacial score (nSPS) is 26.9. The zero-order valence-corrected chi connectivity index (χ0v) is 13.4. The first-order chi connectivity index (χ1) is 11.2. The van der Waals surface area contributed by atoms with Crippen molar-refractivity contribution in [2.24, 2.45) is 5.92 Å². The third-order valence-electron chi connectivity index (χ3n) is 4.93. The molecule has 1 saturated heterocycles. The molecule has 0 radical (unpaired) electrons. The summed E-state index contributed by atoms with van der Waals surface area (Å²) in [6.45, 7) is 0. The van der Waals surface area contributed by atoms with E-state index in [9.17, 15) is 4.79 Å². The quantitative estimate of drug-likeness (QED) is 0.792. The van der Waals surface area contributed by atoms with Crippen molar-refractivity contribution in [3.05, 3.63) is 35.5 Å². The predicted molar refractivity (Wildman–Crippen MR) is 91.2 cm³/mol. The number of pyridine rings is 1. The first-order valence-corrected chi connectivity index (χ1v) is 8.47. The highest BCUT2D eigenvalue weighted by Gasteiger charge is 2.41. The number of hydrogen-bond acceptors (Lipinski definition) is 4. The second-order valence-corrected chi connectivity index (χ2v) is 6.71. The molecule has 1 saturated carbocycles. The van der Waals surface area contributed by atoms with Crippen LogP contribution < -0.4 is 16.2 Å². The van der Waals surface area contributed by atoms with Crippen molar-refractivity contribution in [1.29, 1.82) is 0 Å². The second-order valence-electron chi connectivity index (χ2n) is 6.30. The number of anilines is 1. The molecule has 2 aliphatic rings. The molecule has 3 atom stereocenters. The number of hydrogen-bond donors (Lipinski definition) is 3. The van der Waals surface area contributed by atoms with E-state index in [1.54, 1.807) is 12.3 Å². The smallest absolute Gasteiger partial charge is 0.243 e. The minimum Gasteiger partial charge on any atom is -0.323 e. The van der Waals surface area contributed by atoms with Crippen molar-refractivity contribution in [2.75, 3.05) is 5.32 Å². The summed E-state index contributed by atoms with van der Waals surface area (Å²) >= 11 is 6.21. The first kappa shape index (κ1) is 14.9. The van der Waals surface area contributed by atoms with Gasteiger partial charge in [0.05, 0.1) is 16.2 Å². The van der Waals surface area contributed by atoms with Crippen LogP contribution in [0.3, 0.4) is 0 Å². The summed E-state index contributed by atoms with van der Waals surface area (Å²) in [6.07, 6.45) is 6.35. The first-order valence-electron chi connectivity index (χ1n) is 8.09. The average molecular weight is 331 g/mol. The highest BCUT2D eigenvalue weighted by atomic mass is 35.5. The molecule has 2 fully saturated rings. The molecule has 2 heterocycles. The Bertz CT molecular complexity index is 750. The van der Waals surface area contributed by atoms with Gasteiger partial charge >= 0.3 is 0 Å². The number of hydrazine groups is 1. The van der Waals surface area contributed by atoms with Crippen LogP contribution in [0.15, 0.2) is 30.5 Å². The molecule has 3 N–H and O–H groups in total. The molecule has 1 aliphatic heterocycles. The van der Waals surface area contributed by atoms with Crippen LogP contribution in [0.2, 0.25) is 5.02 Å². The summed E-state index contributed by atoms with van der Waals surface area (Å²) in [5.74, 6) is 0.344. The van der Waals surface area contributed by atoms with Crippen LogP contribution in [0.1, 0.15) is 25.7 Å². The van der Waals surface area contributed by atoms with E-state index in [0.717, 1.165) is 23.7 Å². The van der Waals surface area contributed by atoms with E-state index < -0.39 is 0 Å². The standard InChI is InChI=1S/C17H19ClN4O/c18-12-7-8-14(15-10(12)5-3-9-19-15)20-17(23)16-11-4-1-2-6-13(11)21-22-16/h3,5,7-9,11,13,16,21-22H,1-2,4,6H2,(H,20,23). The Hall–Kier alpha value is -1.69. The lowest BCUT2D eigenvalue weighted by Gasteiger charge is -2.26. The molecular weight excluding hydrogens is 312 g/mol. The average Bonchev–Trinajstić information content (AvgIpc) is 3.02. The largest absolute Gasteiger partial charge is 0.323 e. The molecular formula is C17H19ClN4O. The molecule has 4 rings (SSSR count). The Morgan fingerprint density at radius 1 is 1.22 bits per heavy atom. The van der Waals surface area contributed by atoms with E-state index in [1.165, 1.54) is 12.8 Å². The maximum Gasteiger partial charge on any atom is 0.243 e. The zero-order valence-electron chi connectivity index (χ0n) is 12.7. The Kier molecular flexibility index (Phi) is 3.93. The molecule has 2 aromatic rings. The van der Waals surface area contributed by atoms with Crippen LogP contribution in [-0.2, 0) is 4.79 Å². The summed E-state index contributed by atoms with van der Waals surface area (Å²) < 4.78 is 0. The van der Waals surface area contributed by atoms with Crippen LogP contribution in [0.5, 0.6) is 0 Å². The minimum atomic E-state index is -0.199. The number of carbonyl (C=O) groups excluding carboxylic acids is 1. The van der Waals surface area contributed by atoms with E-state index in [2.05, 4.69) is 21.2 Å². The van der Waals surface area contributed by atoms with Gasteiger partial charge in [0.1, 0.15) is 6.04 Å². The van der Waals surface area contributed by atoms with Gasteiger partial charge in [-0.25, -0.2) is 5.43 Å². The molecule has 0 bridgehead atoms. The number of nitrogens with zero attached hydrogens (tertiary/aromatic N) is 1. The fraction of sp³-hybridized carbons (Fsp3) is 0.412. The Balaban J connectivity index is 1.59. The van der Waals surface area contributed by atoms with Crippen molar-refractivity contribution in [1.82, 2.24) is 15.8 Å². The van der Waals surface area contributed by atoms with Crippen molar-refractivity contribution in [2.45, 2.75) is 37.8 Å². The van der Waals surface area contributed by atoms with Crippen molar-refractivity contribution in [3.8, 4) is 0 Å². The summed E-state index contributed by atoms with van der Waals surface area (Å²) in [5.41, 5.74) is 7.87. The number of fused-ring (bicyclic) bond motifs is 2. The van der Waals surface area contributed by atoms with Crippen LogP contribution in [-0.4, -0.2) is 23.0 Å². The molecule has 1 aromatic carbocycles. The Morgan fingerprint density at radius 2 is 2.09 bits per heavy atom. The molecule has 1 amide bonds. The minimum absolute atomic E-state index is 0.0128. The van der Waals surface area contributed by atoms with E-state index >= 15 is 0 Å². The number of aromatic nitrogens is 1. The lowest BCUT2D eigenvalue weighted by atomic mass is 9.81. The Labute approximate surface area is 139 Å². The summed E-state index contributed by atoms with van der Waals surface area (Å²) in [6, 6.07) is 7.57. The van der Waals surface area contributed by atoms with Gasteiger partial charge in [-0.05, 0) is 37.1 Å². The number of amides is 1. The van der Waals surface area contributed by atoms with Gasteiger partial charge in [0, 0.05) is 23.5 Å². The van der Waals surface area contributed by atoms with Gasteiger partial charge in [0.15, 0.2) is 0 Å². The molecule has 23 heavy (non-hydrogen) atoms. The third-order valence-corrected chi connectivity index (χ3v) is 5.26. The molecule has 3 unspecified atom stereocenters. The fourth-order valence-electron chi connectivity index (χ4n) is 3.75. The molecule has 1 aromatic heterocycles. The van der Waals surface area contributed by atoms with Gasteiger partial charge in [-0.2, -0.15) is 0 Å². The van der Waals surface area contributed by atoms with Crippen molar-refractivity contribution < 1.29 is 4.79 Å². The molecule has 5 nitrogen and oxygen atoms in total. The fourth-order valence-corrected chi connectivity index (χ4v) is 3.97. The van der Waals surface area contributed by atoms with Crippen LogP contribution >= 0.6 is 11.6 Å². The van der Waals surface area contributed by atoms with Crippen molar-refractivity contribution in [3.63, 3.8) is 0 Å². The van der Waals surface area contributed by atoms with Gasteiger partial charge in [0.2, 0.25) is 5.91 Å². The van der Waals surface area contributed by atoms with Crippen LogP contribution in [0, 0.1) is 5.92 Å². The lowest BCUT2D eigenvalue weighted by Crippen LogP contribution is -2.42. The highest BCUT2D eigenvalue weighted by Crippen LogP contribution is 2.32. The molecule has 1 aliphatic carbocycles. The maximum absolute atomic E-state index is 12.7. The number of carbonyl (C=O) groups is 1. The van der Waals surface area contributed by atoms with Crippen molar-refractivity contribution >= 4 is 34.1 Å². The van der Waals surface area contributed by atoms with Gasteiger partial charge in [0.25, 0.3) is 0 Å². The van der Waals surface area contributed by atoms with Gasteiger partial charge in [-0.1, -0.05) is 24.4 Å². The summed E-state index contributed by atoms with van der Waals surface area (Å²) in [7, 11) is 0. The zero-order chi connectivity index (χ0) is 15.8. The molecule has 0 spiro atoms. The van der Waals surface area contributed by atoms with E-state index in [1.807, 2.05) is 18.2 Å². The van der Waals surface area contributed by atoms with E-state index in [-0.39, 0.29) is 11.9 Å². The van der Waals surface area contributed by atoms with Gasteiger partial charge in [-0.3, -0.25) is 15.2 Å². The Morgan fingerprint density at radius 3 is 3.00 bits per heavy atom. The van der Waals surface area contributed by atoms with E-state index in [0.29, 0.717) is 22.7 Å². The number of benzene rings is 1. The van der Waals surface area contributed by atoms with Crippen LogP contribution in [0.25, 0.3) is 10.9 Å². The lowest BCUT2D eigenvalue weighted by molar-refractivity contribution is -0.118. The second kappa shape index (κ2) is 6.07. The highest BCUT2D eigenvalue weighted by molar-refractivity contribution is 6.35. The van der Waals surface area contributed by atoms with Gasteiger partial charge < -0.3 is 5.32 Å². The molecule has 6 heteroatoms. The number of nitrogens with one attached hydrogen (secondary N) is 3. The van der Waals surface area contributed by atoms with Crippen LogP contribution in [0.4, 0.5) is 5.69 Å². The van der Waals surface area contributed by atoms with E-state index in [4.69, 9.17) is 11.6 Å². The summed E-state index contributed by atoms with van der Waals surface area (Å²) in [4.78, 5) is 17.1. The third kappa shape index (κ3) is 2.69. The molecule has 120 valence electrons. The number of rotatable bonds is 2. The summed E-state index contributed by atoms with van der Waals surface area (Å²) in [5, 5.41) is 4.51. The predicted octanol–water partition coefficient (Wildman–Crippen LogP) is 2.86. The monoisotopic (exact) mass is 330 g/mol. The number of halogens is 1. The topological polar surface area (TPSA) is 66.0 Å². The SMILES string of the molecule is O=C(Nc1ccc(Cl)c2cccnc12)C1NNC2CCCCC21.